The fourth-order valence-corrected chi connectivity index (χ4v) is 1.15. The van der Waals surface area contributed by atoms with E-state index in [1.807, 2.05) is 0 Å². The minimum absolute atomic E-state index is 0.221. The van der Waals surface area contributed by atoms with Gasteiger partial charge in [-0.05, 0) is 34.0 Å². The number of hydrogen-bond donors (Lipinski definition) is 0. The van der Waals surface area contributed by atoms with Crippen LogP contribution >= 0.6 is 15.9 Å². The summed E-state index contributed by atoms with van der Waals surface area (Å²) in [5, 5.41) is 8.15. The van der Waals surface area contributed by atoms with Gasteiger partial charge in [-0.15, -0.1) is 0 Å². The van der Waals surface area contributed by atoms with Crippen LogP contribution in [0.2, 0.25) is 0 Å². The summed E-state index contributed by atoms with van der Waals surface area (Å²) in [6.45, 7) is 0. The van der Waals surface area contributed by atoms with E-state index < -0.39 is 5.82 Å². The lowest BCUT2D eigenvalue weighted by molar-refractivity contribution is 0.623. The van der Waals surface area contributed by atoms with E-state index in [1.54, 1.807) is 18.2 Å². The summed E-state index contributed by atoms with van der Waals surface area (Å²) >= 11 is 3.13. The van der Waals surface area contributed by atoms with Crippen LogP contribution in [0.3, 0.4) is 0 Å². The lowest BCUT2D eigenvalue weighted by Gasteiger charge is -1.95. The maximum atomic E-state index is 12.9. The zero-order valence-corrected chi connectivity index (χ0v) is 7.52. The molecule has 0 unspecified atom stereocenters. The summed E-state index contributed by atoms with van der Waals surface area (Å²) in [5.41, 5.74) is 0.221. The third-order valence-corrected chi connectivity index (χ3v) is 1.87. The molecular weight excluding hydrogens is 221 g/mol. The first kappa shape index (κ1) is 8.77. The Labute approximate surface area is 78.0 Å². The second-order valence-corrected chi connectivity index (χ2v) is 2.81. The van der Waals surface area contributed by atoms with Crippen LogP contribution in [0.15, 0.2) is 22.7 Å². The second kappa shape index (κ2) is 3.90. The Hall–Kier alpha value is -1.32. The Morgan fingerprint density at radius 2 is 2.17 bits per heavy atom. The third-order valence-electron chi connectivity index (χ3n) is 1.21. The third kappa shape index (κ3) is 1.84. The average molecular weight is 224 g/mol. The molecule has 0 amide bonds. The van der Waals surface area contributed by atoms with Gasteiger partial charge in [-0.3, -0.25) is 0 Å². The minimum atomic E-state index is -0.424. The van der Waals surface area contributed by atoms with E-state index in [9.17, 15) is 4.39 Å². The lowest BCUT2D eigenvalue weighted by Crippen LogP contribution is -1.83. The summed E-state index contributed by atoms with van der Waals surface area (Å²) in [6, 6.07) is 6.16. The molecule has 58 valence electrons. The van der Waals surface area contributed by atoms with Gasteiger partial charge in [0.15, 0.2) is 6.07 Å². The van der Waals surface area contributed by atoms with Crippen LogP contribution in [0.5, 0.6) is 0 Å². The van der Waals surface area contributed by atoms with Crippen LogP contribution in [-0.2, 0) is 0 Å². The highest BCUT2D eigenvalue weighted by atomic mass is 79.9. The van der Waals surface area contributed by atoms with Crippen molar-refractivity contribution in [3.63, 3.8) is 0 Å². The van der Waals surface area contributed by atoms with Crippen molar-refractivity contribution >= 4 is 15.9 Å². The molecule has 0 atom stereocenters. The largest absolute Gasteiger partial charge is 0.206 e. The van der Waals surface area contributed by atoms with Crippen LogP contribution < -0.4 is 0 Å². The molecule has 0 radical (unpaired) electrons. The van der Waals surface area contributed by atoms with E-state index in [1.165, 1.54) is 6.07 Å². The summed E-state index contributed by atoms with van der Waals surface area (Å²) in [5.74, 6) is 4.11. The van der Waals surface area contributed by atoms with Crippen LogP contribution in [0.4, 0.5) is 4.39 Å². The predicted octanol–water partition coefficient (Wildman–Crippen LogP) is 2.46. The molecule has 0 bridgehead atoms. The summed E-state index contributed by atoms with van der Waals surface area (Å²) in [6.07, 6.45) is 0. The Morgan fingerprint density at radius 1 is 1.42 bits per heavy atom. The molecule has 0 spiro atoms. The van der Waals surface area contributed by atoms with Crippen molar-refractivity contribution in [2.75, 3.05) is 0 Å². The molecule has 0 fully saturated rings. The molecule has 0 saturated heterocycles. The van der Waals surface area contributed by atoms with Gasteiger partial charge in [-0.2, -0.15) is 5.26 Å². The normalized spacial score (nSPS) is 8.08. The highest BCUT2D eigenvalue weighted by Gasteiger charge is 2.01. The molecule has 1 rings (SSSR count). The number of nitriles is 1. The summed E-state index contributed by atoms with van der Waals surface area (Å²) in [4.78, 5) is 0. The van der Waals surface area contributed by atoms with Gasteiger partial charge in [0.05, 0.1) is 5.56 Å². The van der Waals surface area contributed by atoms with Gasteiger partial charge in [0.25, 0.3) is 0 Å². The van der Waals surface area contributed by atoms with Crippen molar-refractivity contribution in [1.82, 2.24) is 0 Å². The Morgan fingerprint density at radius 3 is 2.75 bits per heavy atom. The van der Waals surface area contributed by atoms with Crippen LogP contribution in [0.1, 0.15) is 5.56 Å². The topological polar surface area (TPSA) is 23.8 Å². The fraction of sp³-hybridized carbons (Fsp3) is 0. The molecule has 0 aliphatic rings. The first-order chi connectivity index (χ1) is 5.75. The van der Waals surface area contributed by atoms with E-state index in [4.69, 9.17) is 5.26 Å². The number of nitrogens with zero attached hydrogens (tertiary/aromatic N) is 1. The molecule has 1 nitrogen and oxygen atoms in total. The standard InChI is InChI=1S/C9H3BrFN/c10-8-4-1-5-9(11)7(8)3-2-6-12/h1,4-5H. The molecule has 3 heteroatoms. The van der Waals surface area contributed by atoms with Crippen LogP contribution in [0, 0.1) is 29.0 Å². The highest BCUT2D eigenvalue weighted by molar-refractivity contribution is 9.10. The lowest BCUT2D eigenvalue weighted by atomic mass is 10.2. The van der Waals surface area contributed by atoms with E-state index in [-0.39, 0.29) is 5.56 Å². The summed E-state index contributed by atoms with van der Waals surface area (Å²) in [7, 11) is 0. The molecule has 0 aromatic heterocycles. The number of rotatable bonds is 0. The van der Waals surface area contributed by atoms with E-state index in [2.05, 4.69) is 27.8 Å². The molecule has 1 aromatic rings. The van der Waals surface area contributed by atoms with Crippen LogP contribution in [0.25, 0.3) is 0 Å². The summed E-state index contributed by atoms with van der Waals surface area (Å²) < 4.78 is 13.5. The predicted molar refractivity (Wildman–Crippen MR) is 46.6 cm³/mol. The number of halogens is 2. The van der Waals surface area contributed by atoms with Gasteiger partial charge in [-0.1, -0.05) is 6.07 Å². The fourth-order valence-electron chi connectivity index (χ4n) is 0.708. The van der Waals surface area contributed by atoms with Crippen molar-refractivity contribution < 1.29 is 4.39 Å². The SMILES string of the molecule is N#CC#Cc1c(F)cccc1Br. The van der Waals surface area contributed by atoms with Gasteiger partial charge in [0.1, 0.15) is 5.82 Å². The quantitative estimate of drug-likeness (QED) is 0.621. The van der Waals surface area contributed by atoms with Crippen molar-refractivity contribution in [1.29, 1.82) is 5.26 Å². The van der Waals surface area contributed by atoms with Gasteiger partial charge < -0.3 is 0 Å². The van der Waals surface area contributed by atoms with E-state index in [0.29, 0.717) is 4.47 Å². The van der Waals surface area contributed by atoms with Crippen LogP contribution in [-0.4, -0.2) is 0 Å². The average Bonchev–Trinajstić information content (AvgIpc) is 2.04. The first-order valence-corrected chi connectivity index (χ1v) is 3.89. The zero-order valence-electron chi connectivity index (χ0n) is 5.94. The monoisotopic (exact) mass is 223 g/mol. The van der Waals surface area contributed by atoms with Crippen molar-refractivity contribution in [2.45, 2.75) is 0 Å². The second-order valence-electron chi connectivity index (χ2n) is 1.96. The Bertz CT molecular complexity index is 375. The Balaban J connectivity index is 3.24. The Kier molecular flexibility index (Phi) is 2.85. The molecule has 12 heavy (non-hydrogen) atoms. The smallest absolute Gasteiger partial charge is 0.152 e. The zero-order chi connectivity index (χ0) is 8.97. The van der Waals surface area contributed by atoms with Gasteiger partial charge in [0.2, 0.25) is 0 Å². The van der Waals surface area contributed by atoms with Crippen molar-refractivity contribution in [3.05, 3.63) is 34.1 Å². The van der Waals surface area contributed by atoms with Crippen molar-refractivity contribution in [2.24, 2.45) is 0 Å². The molecule has 0 saturated carbocycles. The molecular formula is C9H3BrFN. The molecule has 0 aliphatic heterocycles. The van der Waals surface area contributed by atoms with Crippen molar-refractivity contribution in [3.8, 4) is 17.9 Å². The maximum absolute atomic E-state index is 12.9. The number of hydrogen-bond acceptors (Lipinski definition) is 1. The molecule has 0 heterocycles. The maximum Gasteiger partial charge on any atom is 0.152 e. The van der Waals surface area contributed by atoms with Gasteiger partial charge >= 0.3 is 0 Å². The molecule has 0 aliphatic carbocycles. The number of benzene rings is 1. The van der Waals surface area contributed by atoms with Gasteiger partial charge in [-0.25, -0.2) is 4.39 Å². The van der Waals surface area contributed by atoms with E-state index >= 15 is 0 Å². The first-order valence-electron chi connectivity index (χ1n) is 3.10. The highest BCUT2D eigenvalue weighted by Crippen LogP contribution is 2.17. The molecule has 1 aromatic carbocycles. The van der Waals surface area contributed by atoms with E-state index in [0.717, 1.165) is 0 Å². The minimum Gasteiger partial charge on any atom is -0.206 e. The molecule has 0 N–H and O–H groups in total. The van der Waals surface area contributed by atoms with Gasteiger partial charge in [0, 0.05) is 10.4 Å².